The van der Waals surface area contributed by atoms with Crippen molar-refractivity contribution in [2.75, 3.05) is 40.3 Å². The number of unbranched alkanes of at least 4 members (excludes halogenated alkanes) is 22. The van der Waals surface area contributed by atoms with E-state index in [9.17, 15) is 58.8 Å². The predicted molar refractivity (Wildman–Crippen MR) is 247 cm³/mol. The van der Waals surface area contributed by atoms with E-state index in [4.69, 9.17) is 0 Å². The molecule has 0 aliphatic heterocycles. The number of aliphatic carboxylic acids is 4. The fourth-order valence-electron chi connectivity index (χ4n) is 7.89. The average Bonchev–Trinajstić information content (AvgIpc) is 3.24. The van der Waals surface area contributed by atoms with E-state index in [0.29, 0.717) is 12.8 Å². The Morgan fingerprint density at radius 3 is 0.844 bits per heavy atom. The first kappa shape index (κ1) is 59.8. The third kappa shape index (κ3) is 30.0. The fourth-order valence-corrected chi connectivity index (χ4v) is 7.89. The maximum Gasteiger partial charge on any atom is 0.326 e. The zero-order valence-electron chi connectivity index (χ0n) is 40.0. The molecular weight excluding hydrogens is 825 g/mol. The van der Waals surface area contributed by atoms with E-state index in [-0.39, 0.29) is 37.5 Å². The van der Waals surface area contributed by atoms with E-state index in [0.717, 1.165) is 71.0 Å². The summed E-state index contributed by atoms with van der Waals surface area (Å²) < 4.78 is 0. The van der Waals surface area contributed by atoms with E-state index < -0.39 is 86.8 Å². The molecule has 0 aromatic carbocycles. The third-order valence-corrected chi connectivity index (χ3v) is 12.0. The molecule has 0 fully saturated rings. The second kappa shape index (κ2) is 38.1. The van der Waals surface area contributed by atoms with Crippen molar-refractivity contribution >= 4 is 47.5 Å². The molecule has 4 amide bonds. The van der Waals surface area contributed by atoms with E-state index >= 15 is 0 Å². The van der Waals surface area contributed by atoms with Crippen LogP contribution in [-0.4, -0.2) is 140 Å². The summed E-state index contributed by atoms with van der Waals surface area (Å²) >= 11 is 0. The minimum absolute atomic E-state index is 0.156. The summed E-state index contributed by atoms with van der Waals surface area (Å²) in [4.78, 5) is 104. The molecule has 0 rings (SSSR count). The molecule has 0 saturated carbocycles. The van der Waals surface area contributed by atoms with E-state index in [2.05, 4.69) is 13.8 Å². The van der Waals surface area contributed by atoms with Crippen LogP contribution in [0, 0.1) is 0 Å². The number of hydrogen-bond donors (Lipinski definition) is 4. The Bertz CT molecular complexity index is 1260. The Hall–Kier alpha value is -4.24. The summed E-state index contributed by atoms with van der Waals surface area (Å²) in [5.74, 6) is -7.72. The van der Waals surface area contributed by atoms with Gasteiger partial charge < -0.3 is 40.0 Å². The lowest BCUT2D eigenvalue weighted by atomic mass is 10.0. The second-order valence-corrected chi connectivity index (χ2v) is 17.5. The number of carbonyl (C=O) groups excluding carboxylic acids is 4. The highest BCUT2D eigenvalue weighted by molar-refractivity contribution is 5.86. The van der Waals surface area contributed by atoms with Crippen LogP contribution < -0.4 is 0 Å². The number of carboxylic acid groups (broad SMARTS) is 4. The number of carboxylic acids is 4. The van der Waals surface area contributed by atoms with Gasteiger partial charge in [-0.3, -0.25) is 28.8 Å². The highest BCUT2D eigenvalue weighted by Gasteiger charge is 2.30. The van der Waals surface area contributed by atoms with Gasteiger partial charge in [0, 0.05) is 52.9 Å². The van der Waals surface area contributed by atoms with Crippen LogP contribution in [0.1, 0.15) is 206 Å². The smallest absolute Gasteiger partial charge is 0.326 e. The predicted octanol–water partition coefficient (Wildman–Crippen LogP) is 8.38. The lowest BCUT2D eigenvalue weighted by Gasteiger charge is -2.29. The van der Waals surface area contributed by atoms with Gasteiger partial charge in [-0.15, -0.1) is 0 Å². The van der Waals surface area contributed by atoms with Gasteiger partial charge in [-0.05, 0) is 25.7 Å². The second-order valence-electron chi connectivity index (χ2n) is 17.5. The molecule has 0 radical (unpaired) electrons. The van der Waals surface area contributed by atoms with Crippen molar-refractivity contribution in [2.24, 2.45) is 0 Å². The zero-order chi connectivity index (χ0) is 48.1. The Balaban J connectivity index is 5.08. The summed E-state index contributed by atoms with van der Waals surface area (Å²) in [5.41, 5.74) is 0. The number of amides is 4. The quantitative estimate of drug-likeness (QED) is 0.0423. The molecule has 4 N–H and O–H groups in total. The molecule has 0 aromatic rings. The Morgan fingerprint density at radius 2 is 0.609 bits per heavy atom. The molecule has 370 valence electrons. The number of hydrogen-bond acceptors (Lipinski definition) is 8. The molecule has 64 heavy (non-hydrogen) atoms. The Labute approximate surface area is 383 Å². The highest BCUT2D eigenvalue weighted by atomic mass is 16.4. The van der Waals surface area contributed by atoms with Crippen LogP contribution in [0.2, 0.25) is 0 Å². The molecule has 2 unspecified atom stereocenters. The zero-order valence-corrected chi connectivity index (χ0v) is 40.0. The Kier molecular flexibility index (Phi) is 35.5. The normalized spacial score (nSPS) is 12.0. The fraction of sp³-hybridized carbons (Fsp3) is 0.833. The van der Waals surface area contributed by atoms with E-state index in [1.165, 1.54) is 104 Å². The van der Waals surface area contributed by atoms with Gasteiger partial charge >= 0.3 is 23.9 Å². The molecule has 16 nitrogen and oxygen atoms in total. The SMILES string of the molecule is CCCCCCCCCCCCCCC(=O)N(C)C(CCC(=O)N(CCN(CC(=O)O)C(=O)CCC(C(=O)O)N(C)C(=O)CCCCCCCCCCCCCC)CC(=O)O)C(=O)O. The molecule has 0 aliphatic carbocycles. The van der Waals surface area contributed by atoms with Gasteiger partial charge in [-0.25, -0.2) is 9.59 Å². The van der Waals surface area contributed by atoms with Crippen molar-refractivity contribution in [3.8, 4) is 0 Å². The standard InChI is InChI=1S/C48H86N4O12/c1-5-7-9-11-13-15-17-19-21-23-25-27-29-41(53)49(3)39(47(61)62)31-33-43(55)51(37-45(57)58)35-36-52(38-46(59)60)44(56)34-32-40(48(63)64)50(4)42(54)30-28-26-24-22-20-18-16-14-12-10-8-6-2/h39-40H,5-38H2,1-4H3,(H,57,58)(H,59,60)(H,61,62)(H,63,64). The summed E-state index contributed by atoms with van der Waals surface area (Å²) in [7, 11) is 2.72. The molecule has 0 aromatic heterocycles. The third-order valence-electron chi connectivity index (χ3n) is 12.0. The van der Waals surface area contributed by atoms with Crippen LogP contribution in [-0.2, 0) is 38.4 Å². The number of rotatable bonds is 43. The lowest BCUT2D eigenvalue weighted by Crippen LogP contribution is -2.46. The van der Waals surface area contributed by atoms with Crippen molar-refractivity contribution < 1.29 is 58.8 Å². The van der Waals surface area contributed by atoms with Crippen molar-refractivity contribution in [1.29, 1.82) is 0 Å². The van der Waals surface area contributed by atoms with Crippen LogP contribution >= 0.6 is 0 Å². The van der Waals surface area contributed by atoms with Crippen molar-refractivity contribution in [3.05, 3.63) is 0 Å². The van der Waals surface area contributed by atoms with Gasteiger partial charge in [0.25, 0.3) is 0 Å². The maximum atomic E-state index is 13.3. The van der Waals surface area contributed by atoms with Gasteiger partial charge in [-0.1, -0.05) is 155 Å². The van der Waals surface area contributed by atoms with Gasteiger partial charge in [0.05, 0.1) is 0 Å². The summed E-state index contributed by atoms with van der Waals surface area (Å²) in [5, 5.41) is 38.9. The minimum Gasteiger partial charge on any atom is -0.480 e. The molecule has 16 heteroatoms. The minimum atomic E-state index is -1.39. The van der Waals surface area contributed by atoms with Crippen molar-refractivity contribution in [1.82, 2.24) is 19.6 Å². The first-order chi connectivity index (χ1) is 30.6. The first-order valence-electron chi connectivity index (χ1n) is 24.5. The average molecular weight is 911 g/mol. The van der Waals surface area contributed by atoms with Gasteiger partial charge in [0.1, 0.15) is 25.2 Å². The largest absolute Gasteiger partial charge is 0.480 e. The molecule has 0 saturated heterocycles. The maximum absolute atomic E-state index is 13.3. The van der Waals surface area contributed by atoms with Crippen LogP contribution in [0.25, 0.3) is 0 Å². The molecule has 0 heterocycles. The van der Waals surface area contributed by atoms with Crippen LogP contribution in [0.3, 0.4) is 0 Å². The molecular formula is C48H86N4O12. The van der Waals surface area contributed by atoms with Gasteiger partial charge in [-0.2, -0.15) is 0 Å². The Morgan fingerprint density at radius 1 is 0.359 bits per heavy atom. The highest BCUT2D eigenvalue weighted by Crippen LogP contribution is 2.17. The van der Waals surface area contributed by atoms with Crippen LogP contribution in [0.15, 0.2) is 0 Å². The summed E-state index contributed by atoms with van der Waals surface area (Å²) in [6.07, 6.45) is 25.8. The number of nitrogens with zero attached hydrogens (tertiary/aromatic N) is 4. The topological polar surface area (TPSA) is 230 Å². The van der Waals surface area contributed by atoms with E-state index in [1.807, 2.05) is 0 Å². The van der Waals surface area contributed by atoms with Crippen molar-refractivity contribution in [2.45, 2.75) is 219 Å². The number of likely N-dealkylation sites (N-methyl/N-ethyl adjacent to an activating group) is 2. The van der Waals surface area contributed by atoms with E-state index in [1.54, 1.807) is 0 Å². The first-order valence-corrected chi connectivity index (χ1v) is 24.5. The van der Waals surface area contributed by atoms with Crippen molar-refractivity contribution in [3.63, 3.8) is 0 Å². The number of carbonyl (C=O) groups is 8. The van der Waals surface area contributed by atoms with Crippen LogP contribution in [0.5, 0.6) is 0 Å². The monoisotopic (exact) mass is 911 g/mol. The summed E-state index contributed by atoms with van der Waals surface area (Å²) in [6, 6.07) is -2.69. The van der Waals surface area contributed by atoms with Gasteiger partial charge in [0.2, 0.25) is 23.6 Å². The molecule has 2 atom stereocenters. The molecule has 0 bridgehead atoms. The molecule has 0 aliphatic rings. The molecule has 0 spiro atoms. The van der Waals surface area contributed by atoms with Gasteiger partial charge in [0.15, 0.2) is 0 Å². The lowest BCUT2D eigenvalue weighted by molar-refractivity contribution is -0.151. The van der Waals surface area contributed by atoms with Crippen LogP contribution in [0.4, 0.5) is 0 Å². The summed E-state index contributed by atoms with van der Waals surface area (Å²) in [6.45, 7) is 1.97.